The van der Waals surface area contributed by atoms with Gasteiger partial charge in [0, 0.05) is 11.8 Å². The number of nitrogens with one attached hydrogen (secondary N) is 2. The van der Waals surface area contributed by atoms with Crippen molar-refractivity contribution in [1.82, 2.24) is 10.2 Å². The highest BCUT2D eigenvalue weighted by atomic mass is 32.1. The molecule has 1 aliphatic carbocycles. The van der Waals surface area contributed by atoms with Crippen molar-refractivity contribution in [3.8, 4) is 11.1 Å². The molecule has 4 rings (SSSR count). The quantitative estimate of drug-likeness (QED) is 0.671. The van der Waals surface area contributed by atoms with Gasteiger partial charge in [0.15, 0.2) is 5.82 Å². The Morgan fingerprint density at radius 2 is 2.12 bits per heavy atom. The number of thiophene rings is 1. The van der Waals surface area contributed by atoms with Gasteiger partial charge in [-0.05, 0) is 52.4 Å². The zero-order chi connectivity index (χ0) is 16.4. The number of hydrogen-bond donors (Lipinski definition) is 2. The maximum absolute atomic E-state index is 12.2. The van der Waals surface area contributed by atoms with Crippen LogP contribution in [0.25, 0.3) is 22.0 Å². The second-order valence-electron chi connectivity index (χ2n) is 6.58. The monoisotopic (exact) mass is 339 g/mol. The average molecular weight is 339 g/mol. The van der Waals surface area contributed by atoms with Gasteiger partial charge in [0.25, 0.3) is 0 Å². The summed E-state index contributed by atoms with van der Waals surface area (Å²) in [5.41, 5.74) is 3.31. The minimum Gasteiger partial charge on any atom is -0.309 e. The van der Waals surface area contributed by atoms with E-state index in [-0.39, 0.29) is 5.91 Å². The Morgan fingerprint density at radius 1 is 1.25 bits per heavy atom. The fraction of sp³-hybridized carbons (Fsp3) is 0.368. The molecule has 1 aromatic carbocycles. The van der Waals surface area contributed by atoms with Crippen LogP contribution < -0.4 is 5.32 Å². The van der Waals surface area contributed by atoms with Gasteiger partial charge >= 0.3 is 0 Å². The van der Waals surface area contributed by atoms with Gasteiger partial charge in [0.05, 0.1) is 5.52 Å². The summed E-state index contributed by atoms with van der Waals surface area (Å²) in [6.45, 7) is 0. The fourth-order valence-electron chi connectivity index (χ4n) is 3.55. The van der Waals surface area contributed by atoms with Crippen LogP contribution in [-0.4, -0.2) is 16.1 Å². The van der Waals surface area contributed by atoms with E-state index >= 15 is 0 Å². The summed E-state index contributed by atoms with van der Waals surface area (Å²) in [6, 6.07) is 8.29. The van der Waals surface area contributed by atoms with Gasteiger partial charge in [-0.2, -0.15) is 16.4 Å². The summed E-state index contributed by atoms with van der Waals surface area (Å²) in [5.74, 6) is 1.44. The van der Waals surface area contributed by atoms with Crippen LogP contribution in [0.2, 0.25) is 0 Å². The molecule has 2 heterocycles. The first-order valence-electron chi connectivity index (χ1n) is 8.60. The van der Waals surface area contributed by atoms with Crippen LogP contribution in [0.1, 0.15) is 38.5 Å². The lowest BCUT2D eigenvalue weighted by Gasteiger charge is -2.08. The van der Waals surface area contributed by atoms with E-state index < -0.39 is 0 Å². The lowest BCUT2D eigenvalue weighted by molar-refractivity contribution is -0.116. The summed E-state index contributed by atoms with van der Waals surface area (Å²) >= 11 is 1.69. The molecule has 0 aliphatic heterocycles. The standard InChI is InChI=1S/C19H21N3OS/c23-18(8-5-13-3-1-2-4-13)20-19-16-7-6-14(11-17(16)21-22-19)15-9-10-24-12-15/h6-7,9-13H,1-5,8H2,(H2,20,21,22,23). The summed E-state index contributed by atoms with van der Waals surface area (Å²) < 4.78 is 0. The number of H-pyrrole nitrogens is 1. The van der Waals surface area contributed by atoms with Crippen LogP contribution in [-0.2, 0) is 4.79 Å². The third kappa shape index (κ3) is 3.22. The van der Waals surface area contributed by atoms with Crippen LogP contribution >= 0.6 is 11.3 Å². The molecule has 2 N–H and O–H groups in total. The van der Waals surface area contributed by atoms with Gasteiger partial charge < -0.3 is 5.32 Å². The lowest BCUT2D eigenvalue weighted by atomic mass is 10.0. The van der Waals surface area contributed by atoms with E-state index in [1.54, 1.807) is 11.3 Å². The zero-order valence-corrected chi connectivity index (χ0v) is 14.4. The van der Waals surface area contributed by atoms with E-state index in [9.17, 15) is 4.79 Å². The molecule has 1 amide bonds. The number of carbonyl (C=O) groups is 1. The molecule has 124 valence electrons. The Morgan fingerprint density at radius 3 is 2.92 bits per heavy atom. The third-order valence-electron chi connectivity index (χ3n) is 4.93. The molecule has 24 heavy (non-hydrogen) atoms. The smallest absolute Gasteiger partial charge is 0.225 e. The second-order valence-corrected chi connectivity index (χ2v) is 7.36. The molecule has 0 atom stereocenters. The van der Waals surface area contributed by atoms with Crippen molar-refractivity contribution in [2.24, 2.45) is 5.92 Å². The number of aromatic nitrogens is 2. The van der Waals surface area contributed by atoms with Crippen molar-refractivity contribution < 1.29 is 4.79 Å². The van der Waals surface area contributed by atoms with Crippen LogP contribution in [0.5, 0.6) is 0 Å². The summed E-state index contributed by atoms with van der Waals surface area (Å²) in [5, 5.41) is 15.4. The SMILES string of the molecule is O=C(CCC1CCCC1)Nc1n[nH]c2cc(-c3ccsc3)ccc12. The maximum Gasteiger partial charge on any atom is 0.225 e. The Labute approximate surface area is 145 Å². The molecule has 0 radical (unpaired) electrons. The van der Waals surface area contributed by atoms with Crippen molar-refractivity contribution in [2.75, 3.05) is 5.32 Å². The molecule has 3 aromatic rings. The van der Waals surface area contributed by atoms with Gasteiger partial charge in [-0.1, -0.05) is 31.7 Å². The lowest BCUT2D eigenvalue weighted by Crippen LogP contribution is -2.13. The molecule has 1 aliphatic rings. The van der Waals surface area contributed by atoms with Crippen molar-refractivity contribution in [3.63, 3.8) is 0 Å². The number of benzene rings is 1. The number of rotatable bonds is 5. The predicted octanol–water partition coefficient (Wildman–Crippen LogP) is 5.20. The highest BCUT2D eigenvalue weighted by molar-refractivity contribution is 7.08. The highest BCUT2D eigenvalue weighted by Gasteiger charge is 2.17. The third-order valence-corrected chi connectivity index (χ3v) is 5.61. The number of carbonyl (C=O) groups excluding carboxylic acids is 1. The fourth-order valence-corrected chi connectivity index (χ4v) is 4.22. The van der Waals surface area contributed by atoms with E-state index in [0.717, 1.165) is 28.8 Å². The Bertz CT molecular complexity index is 832. The summed E-state index contributed by atoms with van der Waals surface area (Å²) in [6.07, 6.45) is 6.79. The topological polar surface area (TPSA) is 57.8 Å². The van der Waals surface area contributed by atoms with E-state index in [0.29, 0.717) is 12.2 Å². The molecule has 0 bridgehead atoms. The second kappa shape index (κ2) is 6.77. The van der Waals surface area contributed by atoms with Crippen LogP contribution in [0, 0.1) is 5.92 Å². The van der Waals surface area contributed by atoms with Crippen molar-refractivity contribution in [1.29, 1.82) is 0 Å². The largest absolute Gasteiger partial charge is 0.309 e. The first-order valence-corrected chi connectivity index (χ1v) is 9.54. The van der Waals surface area contributed by atoms with Crippen LogP contribution in [0.15, 0.2) is 35.0 Å². The number of fused-ring (bicyclic) bond motifs is 1. The number of nitrogens with zero attached hydrogens (tertiary/aromatic N) is 1. The van der Waals surface area contributed by atoms with Gasteiger partial charge in [0.2, 0.25) is 5.91 Å². The molecule has 5 heteroatoms. The normalized spacial score (nSPS) is 15.2. The minimum atomic E-state index is 0.0669. The van der Waals surface area contributed by atoms with Crippen molar-refractivity contribution >= 4 is 34.0 Å². The Kier molecular flexibility index (Phi) is 4.34. The first kappa shape index (κ1) is 15.4. The molecule has 1 saturated carbocycles. The predicted molar refractivity (Wildman–Crippen MR) is 99.2 cm³/mol. The van der Waals surface area contributed by atoms with Crippen LogP contribution in [0.4, 0.5) is 5.82 Å². The van der Waals surface area contributed by atoms with Gasteiger partial charge in [-0.15, -0.1) is 0 Å². The maximum atomic E-state index is 12.2. The number of hydrogen-bond acceptors (Lipinski definition) is 3. The number of amides is 1. The van der Waals surface area contributed by atoms with E-state index in [1.807, 2.05) is 6.07 Å². The van der Waals surface area contributed by atoms with Crippen LogP contribution in [0.3, 0.4) is 0 Å². The Hall–Kier alpha value is -2.14. The van der Waals surface area contributed by atoms with Gasteiger partial charge in [-0.25, -0.2) is 0 Å². The summed E-state index contributed by atoms with van der Waals surface area (Å²) in [7, 11) is 0. The summed E-state index contributed by atoms with van der Waals surface area (Å²) in [4.78, 5) is 12.2. The highest BCUT2D eigenvalue weighted by Crippen LogP contribution is 2.30. The molecular formula is C19H21N3OS. The first-order chi connectivity index (χ1) is 11.8. The average Bonchev–Trinajstić information content (AvgIpc) is 3.35. The van der Waals surface area contributed by atoms with Gasteiger partial charge in [-0.3, -0.25) is 9.89 Å². The van der Waals surface area contributed by atoms with Gasteiger partial charge in [0.1, 0.15) is 0 Å². The molecule has 4 nitrogen and oxygen atoms in total. The molecule has 0 spiro atoms. The van der Waals surface area contributed by atoms with E-state index in [1.165, 1.54) is 31.2 Å². The molecule has 2 aromatic heterocycles. The molecule has 1 fully saturated rings. The Balaban J connectivity index is 1.45. The van der Waals surface area contributed by atoms with E-state index in [4.69, 9.17) is 0 Å². The molecule has 0 unspecified atom stereocenters. The van der Waals surface area contributed by atoms with Crippen molar-refractivity contribution in [3.05, 3.63) is 35.0 Å². The van der Waals surface area contributed by atoms with Crippen molar-refractivity contribution in [2.45, 2.75) is 38.5 Å². The minimum absolute atomic E-state index is 0.0669. The number of anilines is 1. The molecule has 0 saturated heterocycles. The molecular weight excluding hydrogens is 318 g/mol. The number of aromatic amines is 1. The van der Waals surface area contributed by atoms with E-state index in [2.05, 4.69) is 44.5 Å². The zero-order valence-electron chi connectivity index (χ0n) is 13.5.